The second-order valence-electron chi connectivity index (χ2n) is 7.21. The lowest BCUT2D eigenvalue weighted by Crippen LogP contribution is -2.41. The van der Waals surface area contributed by atoms with Crippen LogP contribution in [0.15, 0.2) is 42.7 Å². The van der Waals surface area contributed by atoms with Crippen molar-refractivity contribution in [1.82, 2.24) is 19.3 Å². The van der Waals surface area contributed by atoms with Crippen molar-refractivity contribution in [3.8, 4) is 0 Å². The van der Waals surface area contributed by atoms with E-state index in [1.165, 1.54) is 41.0 Å². The van der Waals surface area contributed by atoms with Crippen molar-refractivity contribution in [3.63, 3.8) is 0 Å². The van der Waals surface area contributed by atoms with E-state index in [4.69, 9.17) is 4.98 Å². The van der Waals surface area contributed by atoms with E-state index in [-0.39, 0.29) is 5.95 Å². The first-order valence-corrected chi connectivity index (χ1v) is 9.10. The fraction of sp³-hybridized carbons (Fsp3) is 0.400. The van der Waals surface area contributed by atoms with E-state index in [9.17, 15) is 4.39 Å². The molecule has 1 aliphatic carbocycles. The monoisotopic (exact) mass is 336 g/mol. The highest BCUT2D eigenvalue weighted by molar-refractivity contribution is 5.40. The Bertz CT molecular complexity index is 919. The number of piperidine rings is 1. The summed E-state index contributed by atoms with van der Waals surface area (Å²) in [5.74, 6) is 0.405. The number of fused-ring (bicyclic) bond motifs is 4. The summed E-state index contributed by atoms with van der Waals surface area (Å²) in [6.45, 7) is 1.80. The van der Waals surface area contributed by atoms with Gasteiger partial charge >= 0.3 is 0 Å². The minimum absolute atomic E-state index is 0.266. The lowest BCUT2D eigenvalue weighted by molar-refractivity contribution is 0.0686. The minimum atomic E-state index is -0.266. The van der Waals surface area contributed by atoms with Crippen molar-refractivity contribution in [3.05, 3.63) is 65.6 Å². The Morgan fingerprint density at radius 3 is 3.04 bits per heavy atom. The highest BCUT2D eigenvalue weighted by Crippen LogP contribution is 2.43. The summed E-state index contributed by atoms with van der Waals surface area (Å²) in [6.07, 6.45) is 8.60. The lowest BCUT2D eigenvalue weighted by Gasteiger charge is -2.44. The molecule has 2 atom stereocenters. The molecule has 1 saturated heterocycles. The van der Waals surface area contributed by atoms with E-state index in [0.717, 1.165) is 25.2 Å². The first kappa shape index (κ1) is 15.0. The van der Waals surface area contributed by atoms with Crippen molar-refractivity contribution >= 4 is 5.65 Å². The van der Waals surface area contributed by atoms with Crippen LogP contribution in [0.3, 0.4) is 0 Å². The summed E-state index contributed by atoms with van der Waals surface area (Å²) >= 11 is 0. The van der Waals surface area contributed by atoms with E-state index in [1.807, 2.05) is 24.5 Å². The van der Waals surface area contributed by atoms with E-state index in [1.54, 1.807) is 6.07 Å². The maximum atomic E-state index is 13.9. The molecule has 0 radical (unpaired) electrons. The molecule has 0 unspecified atom stereocenters. The van der Waals surface area contributed by atoms with Crippen molar-refractivity contribution < 1.29 is 4.39 Å². The van der Waals surface area contributed by atoms with Crippen molar-refractivity contribution in [2.75, 3.05) is 6.54 Å². The normalized spacial score (nSPS) is 23.4. The van der Waals surface area contributed by atoms with E-state index in [2.05, 4.69) is 16.0 Å². The summed E-state index contributed by atoms with van der Waals surface area (Å²) in [4.78, 5) is 11.8. The first-order chi connectivity index (χ1) is 12.3. The van der Waals surface area contributed by atoms with Gasteiger partial charge in [-0.05, 0) is 61.9 Å². The van der Waals surface area contributed by atoms with Crippen LogP contribution in [0.2, 0.25) is 0 Å². The quantitative estimate of drug-likeness (QED) is 0.668. The average Bonchev–Trinajstić information content (AvgIpc) is 3.06. The van der Waals surface area contributed by atoms with Crippen LogP contribution >= 0.6 is 0 Å². The number of pyridine rings is 2. The second-order valence-corrected chi connectivity index (χ2v) is 7.21. The number of halogens is 1. The van der Waals surface area contributed by atoms with Crippen molar-refractivity contribution in [2.45, 2.75) is 38.3 Å². The highest BCUT2D eigenvalue weighted by Gasteiger charge is 2.37. The Labute approximate surface area is 146 Å². The molecule has 0 amide bonds. The van der Waals surface area contributed by atoms with Gasteiger partial charge in [0, 0.05) is 18.9 Å². The van der Waals surface area contributed by atoms with Crippen molar-refractivity contribution in [1.29, 1.82) is 0 Å². The number of aryl methyl sites for hydroxylation is 1. The van der Waals surface area contributed by atoms with E-state index >= 15 is 0 Å². The molecular formula is C20H21FN4. The molecule has 128 valence electrons. The van der Waals surface area contributed by atoms with Gasteiger partial charge in [-0.3, -0.25) is 14.3 Å². The Morgan fingerprint density at radius 1 is 1.16 bits per heavy atom. The van der Waals surface area contributed by atoms with Crippen LogP contribution in [0.4, 0.5) is 4.39 Å². The Morgan fingerprint density at radius 2 is 2.12 bits per heavy atom. The molecule has 0 spiro atoms. The van der Waals surface area contributed by atoms with Crippen LogP contribution in [0.25, 0.3) is 5.65 Å². The van der Waals surface area contributed by atoms with Crippen LogP contribution < -0.4 is 0 Å². The Balaban J connectivity index is 1.49. The van der Waals surface area contributed by atoms with Crippen molar-refractivity contribution in [2.24, 2.45) is 5.92 Å². The van der Waals surface area contributed by atoms with Gasteiger partial charge in [-0.2, -0.15) is 4.39 Å². The molecule has 0 N–H and O–H groups in total. The largest absolute Gasteiger partial charge is 0.289 e. The predicted octanol–water partition coefficient (Wildman–Crippen LogP) is 3.77. The molecule has 5 rings (SSSR count). The Hall–Kier alpha value is -2.27. The number of nitrogens with zero attached hydrogens (tertiary/aromatic N) is 4. The molecule has 4 heterocycles. The third-order valence-electron chi connectivity index (χ3n) is 5.71. The first-order valence-electron chi connectivity index (χ1n) is 9.10. The van der Waals surface area contributed by atoms with Gasteiger partial charge < -0.3 is 0 Å². The highest BCUT2D eigenvalue weighted by atomic mass is 19.1. The second kappa shape index (κ2) is 5.92. The third-order valence-corrected chi connectivity index (χ3v) is 5.71. The van der Waals surface area contributed by atoms with Gasteiger partial charge in [0.1, 0.15) is 5.65 Å². The van der Waals surface area contributed by atoms with Crippen LogP contribution in [0, 0.1) is 11.9 Å². The number of hydrogen-bond donors (Lipinski definition) is 0. The minimum Gasteiger partial charge on any atom is -0.289 e. The summed E-state index contributed by atoms with van der Waals surface area (Å²) in [5.41, 5.74) is 4.23. The molecule has 4 nitrogen and oxygen atoms in total. The maximum Gasteiger partial charge on any atom is 0.199 e. The number of rotatable bonds is 2. The van der Waals surface area contributed by atoms with Gasteiger partial charge in [-0.15, -0.1) is 0 Å². The number of likely N-dealkylation sites (tertiary alicyclic amines) is 1. The smallest absolute Gasteiger partial charge is 0.199 e. The molecule has 3 aromatic rings. The molecule has 1 fully saturated rings. The standard InChI is InChI=1S/C20H21FN4/c21-17-6-1-7-18-23-16(13-25(17)18)12-24-11-3-5-15-9-8-14-4-2-10-22-19(14)20(15)24/h1-2,4,6-7,10,13,15,20H,3,5,8-9,11-12H2/t15-,20+/m0/s1. The van der Waals surface area contributed by atoms with Gasteiger partial charge in [0.05, 0.1) is 17.4 Å². The van der Waals surface area contributed by atoms with Gasteiger partial charge in [-0.1, -0.05) is 12.1 Å². The number of imidazole rings is 1. The topological polar surface area (TPSA) is 33.4 Å². The van der Waals surface area contributed by atoms with Crippen LogP contribution in [-0.2, 0) is 13.0 Å². The molecule has 25 heavy (non-hydrogen) atoms. The van der Waals surface area contributed by atoms with Gasteiger partial charge in [0.2, 0.25) is 0 Å². The summed E-state index contributed by atoms with van der Waals surface area (Å²) in [7, 11) is 0. The predicted molar refractivity (Wildman–Crippen MR) is 93.6 cm³/mol. The fourth-order valence-electron chi connectivity index (χ4n) is 4.61. The van der Waals surface area contributed by atoms with E-state index in [0.29, 0.717) is 17.6 Å². The molecule has 0 aromatic carbocycles. The molecule has 0 bridgehead atoms. The third kappa shape index (κ3) is 2.54. The molecule has 1 aliphatic heterocycles. The van der Waals surface area contributed by atoms with Gasteiger partial charge in [-0.25, -0.2) is 4.98 Å². The number of hydrogen-bond acceptors (Lipinski definition) is 3. The number of aromatic nitrogens is 3. The van der Waals surface area contributed by atoms with Gasteiger partial charge in [0.25, 0.3) is 0 Å². The van der Waals surface area contributed by atoms with E-state index < -0.39 is 0 Å². The average molecular weight is 336 g/mol. The molecule has 2 aliphatic rings. The zero-order valence-corrected chi connectivity index (χ0v) is 14.1. The summed E-state index contributed by atoms with van der Waals surface area (Å²) < 4.78 is 15.5. The molecule has 0 saturated carbocycles. The SMILES string of the molecule is Fc1cccc2nc(CN3CCC[C@H]4CCc5cccnc5[C@@H]43)cn12. The van der Waals surface area contributed by atoms with Crippen LogP contribution in [0.5, 0.6) is 0 Å². The maximum absolute atomic E-state index is 13.9. The zero-order chi connectivity index (χ0) is 16.8. The van der Waals surface area contributed by atoms with Crippen LogP contribution in [0.1, 0.15) is 42.3 Å². The zero-order valence-electron chi connectivity index (χ0n) is 14.1. The summed E-state index contributed by atoms with van der Waals surface area (Å²) in [6, 6.07) is 9.65. The van der Waals surface area contributed by atoms with Crippen LogP contribution in [-0.4, -0.2) is 25.8 Å². The fourth-order valence-corrected chi connectivity index (χ4v) is 4.61. The Kier molecular flexibility index (Phi) is 3.55. The molecule has 3 aromatic heterocycles. The lowest BCUT2D eigenvalue weighted by atomic mass is 9.77. The summed E-state index contributed by atoms with van der Waals surface area (Å²) in [5, 5.41) is 0. The molecule has 5 heteroatoms. The molecular weight excluding hydrogens is 315 g/mol. The van der Waals surface area contributed by atoms with Gasteiger partial charge in [0.15, 0.2) is 5.95 Å².